The highest BCUT2D eigenvalue weighted by Gasteiger charge is 2.19. The standard InChI is InChI=1S/C10H7IN2O2/c11-10(15)8(5-12)4-9(14)7-2-1-3-13-6-7/h1-3,6,8H,4H2. The topological polar surface area (TPSA) is 70.8 Å². The first kappa shape index (κ1) is 11.8. The Labute approximate surface area is 100 Å². The summed E-state index contributed by atoms with van der Waals surface area (Å²) in [4.78, 5) is 26.3. The van der Waals surface area contributed by atoms with E-state index in [1.54, 1.807) is 24.4 Å². The fourth-order valence-electron chi connectivity index (χ4n) is 1.01. The Hall–Kier alpha value is -1.29. The van der Waals surface area contributed by atoms with E-state index in [-0.39, 0.29) is 16.0 Å². The van der Waals surface area contributed by atoms with E-state index in [4.69, 9.17) is 5.26 Å². The summed E-state index contributed by atoms with van der Waals surface area (Å²) >= 11 is 1.53. The van der Waals surface area contributed by atoms with Crippen molar-refractivity contribution < 1.29 is 9.59 Å². The second kappa shape index (κ2) is 5.56. The summed E-state index contributed by atoms with van der Waals surface area (Å²) in [5.74, 6) is -1.10. The molecular formula is C10H7IN2O2. The van der Waals surface area contributed by atoms with Gasteiger partial charge in [0.05, 0.1) is 6.07 Å². The molecule has 1 atom stereocenters. The lowest BCUT2D eigenvalue weighted by Gasteiger charge is -2.02. The molecule has 0 spiro atoms. The molecule has 1 rings (SSSR count). The normalized spacial score (nSPS) is 11.5. The Morgan fingerprint density at radius 2 is 2.33 bits per heavy atom. The predicted octanol–water partition coefficient (Wildman–Crippen LogP) is 1.76. The van der Waals surface area contributed by atoms with Gasteiger partial charge in [-0.05, 0) is 12.1 Å². The Balaban J connectivity index is 2.73. The molecule has 4 nitrogen and oxygen atoms in total. The summed E-state index contributed by atoms with van der Waals surface area (Å²) in [5, 5.41) is 8.65. The Kier molecular flexibility index (Phi) is 4.37. The minimum absolute atomic E-state index is 0.0794. The van der Waals surface area contributed by atoms with Crippen molar-refractivity contribution in [2.75, 3.05) is 0 Å². The maximum Gasteiger partial charge on any atom is 0.209 e. The maximum absolute atomic E-state index is 11.6. The third-order valence-electron chi connectivity index (χ3n) is 1.80. The van der Waals surface area contributed by atoms with Crippen LogP contribution < -0.4 is 0 Å². The molecule has 15 heavy (non-hydrogen) atoms. The van der Waals surface area contributed by atoms with Gasteiger partial charge in [-0.3, -0.25) is 14.6 Å². The van der Waals surface area contributed by atoms with Gasteiger partial charge in [-0.25, -0.2) is 0 Å². The average Bonchev–Trinajstić information content (AvgIpc) is 2.26. The second-order valence-corrected chi connectivity index (χ2v) is 3.92. The quantitative estimate of drug-likeness (QED) is 0.482. The van der Waals surface area contributed by atoms with E-state index in [1.807, 2.05) is 0 Å². The Morgan fingerprint density at radius 3 is 2.80 bits per heavy atom. The van der Waals surface area contributed by atoms with Gasteiger partial charge in [0.1, 0.15) is 5.92 Å². The summed E-state index contributed by atoms with van der Waals surface area (Å²) in [6.45, 7) is 0. The number of carbonyl (C=O) groups is 2. The number of Topliss-reactive ketones (excluding diaryl/α,β-unsaturated/α-hetero) is 1. The zero-order valence-corrected chi connectivity index (χ0v) is 9.84. The van der Waals surface area contributed by atoms with Gasteiger partial charge in [0, 0.05) is 47.0 Å². The first-order valence-corrected chi connectivity index (χ1v) is 5.25. The third-order valence-corrected chi connectivity index (χ3v) is 2.55. The minimum atomic E-state index is -0.863. The molecule has 1 aromatic rings. The van der Waals surface area contributed by atoms with Crippen LogP contribution in [0.1, 0.15) is 16.8 Å². The molecular weight excluding hydrogens is 307 g/mol. The number of hydrogen-bond donors (Lipinski definition) is 0. The number of carbonyl (C=O) groups excluding carboxylic acids is 2. The van der Waals surface area contributed by atoms with Crippen molar-refractivity contribution in [3.05, 3.63) is 30.1 Å². The van der Waals surface area contributed by atoms with E-state index >= 15 is 0 Å². The smallest absolute Gasteiger partial charge is 0.209 e. The fraction of sp³-hybridized carbons (Fsp3) is 0.200. The van der Waals surface area contributed by atoms with E-state index in [9.17, 15) is 9.59 Å². The molecule has 76 valence electrons. The zero-order chi connectivity index (χ0) is 11.3. The van der Waals surface area contributed by atoms with Crippen LogP contribution in [0.3, 0.4) is 0 Å². The number of pyridine rings is 1. The predicted molar refractivity (Wildman–Crippen MR) is 61.3 cm³/mol. The van der Waals surface area contributed by atoms with Crippen LogP contribution in [0.2, 0.25) is 0 Å². The second-order valence-electron chi connectivity index (χ2n) is 2.85. The highest BCUT2D eigenvalue weighted by Crippen LogP contribution is 2.12. The molecule has 0 saturated carbocycles. The number of nitriles is 1. The molecule has 0 amide bonds. The molecule has 0 aliphatic carbocycles. The number of halogens is 1. The Bertz CT molecular complexity index is 411. The van der Waals surface area contributed by atoms with Crippen LogP contribution in [-0.2, 0) is 4.79 Å². The number of rotatable bonds is 4. The van der Waals surface area contributed by atoms with E-state index in [1.165, 1.54) is 28.8 Å². The number of nitrogens with zero attached hydrogens (tertiary/aromatic N) is 2. The van der Waals surface area contributed by atoms with E-state index < -0.39 is 5.92 Å². The number of aromatic nitrogens is 1. The van der Waals surface area contributed by atoms with Crippen molar-refractivity contribution in [3.63, 3.8) is 0 Å². The SMILES string of the molecule is N#CC(CC(=O)c1cccnc1)C(=O)I. The molecule has 1 unspecified atom stereocenters. The minimum Gasteiger partial charge on any atom is -0.294 e. The van der Waals surface area contributed by atoms with Crippen LogP contribution in [0.5, 0.6) is 0 Å². The summed E-state index contributed by atoms with van der Waals surface area (Å²) in [7, 11) is 0. The van der Waals surface area contributed by atoms with E-state index in [0.29, 0.717) is 5.56 Å². The van der Waals surface area contributed by atoms with Crippen LogP contribution in [0, 0.1) is 17.2 Å². The van der Waals surface area contributed by atoms with Crippen molar-refractivity contribution in [3.8, 4) is 6.07 Å². The molecule has 1 aromatic heterocycles. The lowest BCUT2D eigenvalue weighted by Crippen LogP contribution is -2.12. The summed E-state index contributed by atoms with van der Waals surface area (Å²) < 4.78 is -0.313. The van der Waals surface area contributed by atoms with Gasteiger partial charge in [0.2, 0.25) is 3.79 Å². The molecule has 0 bridgehead atoms. The van der Waals surface area contributed by atoms with Gasteiger partial charge < -0.3 is 0 Å². The summed E-state index contributed by atoms with van der Waals surface area (Å²) in [6.07, 6.45) is 2.90. The van der Waals surface area contributed by atoms with Crippen LogP contribution in [0.4, 0.5) is 0 Å². The van der Waals surface area contributed by atoms with Gasteiger partial charge in [-0.2, -0.15) is 5.26 Å². The molecule has 0 saturated heterocycles. The first-order chi connectivity index (χ1) is 7.15. The zero-order valence-electron chi connectivity index (χ0n) is 7.68. The van der Waals surface area contributed by atoms with Crippen LogP contribution in [0.25, 0.3) is 0 Å². The van der Waals surface area contributed by atoms with Crippen LogP contribution in [-0.4, -0.2) is 14.6 Å². The van der Waals surface area contributed by atoms with Crippen molar-refractivity contribution >= 4 is 32.2 Å². The van der Waals surface area contributed by atoms with E-state index in [0.717, 1.165) is 0 Å². The maximum atomic E-state index is 11.6. The van der Waals surface area contributed by atoms with Crippen molar-refractivity contribution in [1.82, 2.24) is 4.98 Å². The number of ketones is 1. The van der Waals surface area contributed by atoms with Gasteiger partial charge in [-0.1, -0.05) is 0 Å². The van der Waals surface area contributed by atoms with E-state index in [2.05, 4.69) is 4.98 Å². The molecule has 0 radical (unpaired) electrons. The van der Waals surface area contributed by atoms with Gasteiger partial charge in [-0.15, -0.1) is 0 Å². The van der Waals surface area contributed by atoms with Crippen molar-refractivity contribution in [2.45, 2.75) is 6.42 Å². The lowest BCUT2D eigenvalue weighted by atomic mass is 10.0. The molecule has 1 heterocycles. The summed E-state index contributed by atoms with van der Waals surface area (Å²) in [5.41, 5.74) is 0.426. The molecule has 0 fully saturated rings. The van der Waals surface area contributed by atoms with Crippen molar-refractivity contribution in [1.29, 1.82) is 5.26 Å². The summed E-state index contributed by atoms with van der Waals surface area (Å²) in [6, 6.07) is 5.06. The van der Waals surface area contributed by atoms with Gasteiger partial charge in [0.25, 0.3) is 0 Å². The van der Waals surface area contributed by atoms with Crippen LogP contribution >= 0.6 is 22.6 Å². The highest BCUT2D eigenvalue weighted by molar-refractivity contribution is 14.1. The largest absolute Gasteiger partial charge is 0.294 e. The third kappa shape index (κ3) is 3.40. The molecule has 0 N–H and O–H groups in total. The molecule has 0 aliphatic rings. The van der Waals surface area contributed by atoms with Gasteiger partial charge >= 0.3 is 0 Å². The first-order valence-electron chi connectivity index (χ1n) is 4.17. The highest BCUT2D eigenvalue weighted by atomic mass is 127. The molecule has 5 heteroatoms. The molecule has 0 aromatic carbocycles. The van der Waals surface area contributed by atoms with Gasteiger partial charge in [0.15, 0.2) is 5.78 Å². The monoisotopic (exact) mass is 314 g/mol. The number of hydrogen-bond acceptors (Lipinski definition) is 4. The van der Waals surface area contributed by atoms with Crippen LogP contribution in [0.15, 0.2) is 24.5 Å². The fourth-order valence-corrected chi connectivity index (χ4v) is 1.37. The molecule has 0 aliphatic heterocycles. The average molecular weight is 314 g/mol. The van der Waals surface area contributed by atoms with Crippen molar-refractivity contribution in [2.24, 2.45) is 5.92 Å². The lowest BCUT2D eigenvalue weighted by molar-refractivity contribution is -0.111. The Morgan fingerprint density at radius 1 is 1.60 bits per heavy atom.